The van der Waals surface area contributed by atoms with Gasteiger partial charge in [0.05, 0.1) is 39.9 Å². The van der Waals surface area contributed by atoms with E-state index in [2.05, 4.69) is 48.6 Å². The molecule has 2 saturated carbocycles. The summed E-state index contributed by atoms with van der Waals surface area (Å²) in [5.41, 5.74) is 0. The normalized spacial score (nSPS) is 13.9. The molecular formula is C28H60I2N2O4. The molecule has 0 aromatic heterocycles. The predicted molar refractivity (Wildman–Crippen MR) is 159 cm³/mol. The number of ether oxygens (including phenoxy) is 2. The van der Waals surface area contributed by atoms with Crippen molar-refractivity contribution in [3.8, 4) is 0 Å². The summed E-state index contributed by atoms with van der Waals surface area (Å²) in [6.07, 6.45) is 13.4. The largest absolute Gasteiger partial charge is 1.00 e. The molecule has 0 bridgehead atoms. The van der Waals surface area contributed by atoms with Gasteiger partial charge in [0.25, 0.3) is 0 Å². The summed E-state index contributed by atoms with van der Waals surface area (Å²) in [6, 6.07) is 1.76. The molecule has 0 atom stereocenters. The number of hydrogen-bond acceptors (Lipinski definition) is 5. The van der Waals surface area contributed by atoms with Crippen molar-refractivity contribution in [2.24, 2.45) is 0 Å². The Balaban J connectivity index is -0.000000247. The number of hydrogen-bond donors (Lipinski definition) is 0. The van der Waals surface area contributed by atoms with Crippen LogP contribution in [-0.2, 0) is 19.1 Å². The topological polar surface area (TPSA) is 55.8 Å². The highest BCUT2D eigenvalue weighted by molar-refractivity contribution is 14.1. The maximum Gasteiger partial charge on any atom is 0.305 e. The maximum absolute atomic E-state index is 11.1. The standard InChI is InChI=1S/C13H26NO2.C12H23NO2.CH3I.2CH4.HI/c1-4-16-13(15)8-6-5-7-11-14(2,3)12-9-10-12;1-3-15-12(14)7-5-4-6-10-13(2)11-8-9-11;1-2;;;/h12H,4-11H2,1-3H3;11H,3-10H2,1-2H3;1H3;2*1H4;1H/q+1;;;;;/p-1. The van der Waals surface area contributed by atoms with Crippen LogP contribution in [0.1, 0.15) is 106 Å². The first-order valence-corrected chi connectivity index (χ1v) is 15.2. The summed E-state index contributed by atoms with van der Waals surface area (Å²) in [7, 11) is 6.84. The monoisotopic (exact) mass is 742 g/mol. The second-order valence-corrected chi connectivity index (χ2v) is 9.68. The van der Waals surface area contributed by atoms with E-state index in [1.165, 1.54) is 56.1 Å². The Morgan fingerprint density at radius 1 is 0.806 bits per heavy atom. The van der Waals surface area contributed by atoms with Crippen LogP contribution >= 0.6 is 22.6 Å². The van der Waals surface area contributed by atoms with Gasteiger partial charge in [-0.15, -0.1) is 0 Å². The number of halogens is 2. The molecule has 0 amide bonds. The van der Waals surface area contributed by atoms with Gasteiger partial charge in [-0.25, -0.2) is 0 Å². The minimum Gasteiger partial charge on any atom is -1.00 e. The van der Waals surface area contributed by atoms with E-state index in [1.807, 2.05) is 18.8 Å². The van der Waals surface area contributed by atoms with Crippen molar-refractivity contribution in [2.45, 2.75) is 118 Å². The lowest BCUT2D eigenvalue weighted by Gasteiger charge is -2.29. The Morgan fingerprint density at radius 3 is 1.64 bits per heavy atom. The zero-order valence-electron chi connectivity index (χ0n) is 22.8. The van der Waals surface area contributed by atoms with Crippen molar-refractivity contribution in [3.05, 3.63) is 0 Å². The molecule has 6 nitrogen and oxygen atoms in total. The average Bonchev–Trinajstić information content (AvgIpc) is 3.67. The van der Waals surface area contributed by atoms with Crippen molar-refractivity contribution < 1.29 is 47.5 Å². The molecule has 2 rings (SSSR count). The Kier molecular flexibility index (Phi) is 32.4. The van der Waals surface area contributed by atoms with E-state index in [9.17, 15) is 9.59 Å². The molecule has 2 fully saturated rings. The van der Waals surface area contributed by atoms with Crippen LogP contribution in [0.5, 0.6) is 0 Å². The number of carbonyl (C=O) groups excluding carboxylic acids is 2. The lowest BCUT2D eigenvalue weighted by molar-refractivity contribution is -0.901. The van der Waals surface area contributed by atoms with Crippen LogP contribution in [0.25, 0.3) is 0 Å². The molecule has 0 aromatic rings. The van der Waals surface area contributed by atoms with E-state index >= 15 is 0 Å². The highest BCUT2D eigenvalue weighted by atomic mass is 127. The Labute approximate surface area is 255 Å². The molecule has 0 saturated heterocycles. The van der Waals surface area contributed by atoms with E-state index in [-0.39, 0.29) is 50.8 Å². The molecule has 0 aromatic carbocycles. The smallest absolute Gasteiger partial charge is 0.305 e. The first kappa shape index (κ1) is 43.4. The first-order valence-electron chi connectivity index (χ1n) is 13.0. The van der Waals surface area contributed by atoms with Gasteiger partial charge in [-0.3, -0.25) is 9.59 Å². The minimum absolute atomic E-state index is 0. The third-order valence-corrected chi connectivity index (χ3v) is 6.32. The fraction of sp³-hybridized carbons (Fsp3) is 0.929. The van der Waals surface area contributed by atoms with Gasteiger partial charge < -0.3 is 42.8 Å². The molecule has 0 aliphatic heterocycles. The fourth-order valence-electron chi connectivity index (χ4n) is 3.89. The summed E-state index contributed by atoms with van der Waals surface area (Å²) < 4.78 is 10.9. The Bertz CT molecular complexity index is 514. The number of rotatable bonds is 16. The molecule has 0 heterocycles. The summed E-state index contributed by atoms with van der Waals surface area (Å²) >= 11 is 2.15. The zero-order chi connectivity index (χ0) is 25.1. The number of carbonyl (C=O) groups is 2. The van der Waals surface area contributed by atoms with E-state index < -0.39 is 0 Å². The van der Waals surface area contributed by atoms with Crippen LogP contribution in [0.3, 0.4) is 0 Å². The molecule has 2 aliphatic rings. The zero-order valence-corrected chi connectivity index (χ0v) is 27.1. The van der Waals surface area contributed by atoms with Crippen molar-refractivity contribution in [2.75, 3.05) is 52.4 Å². The number of unbranched alkanes of at least 4 members (excludes halogenated alkanes) is 4. The van der Waals surface area contributed by atoms with Crippen LogP contribution in [0.15, 0.2) is 0 Å². The average molecular weight is 743 g/mol. The quantitative estimate of drug-likeness (QED) is 0.0791. The van der Waals surface area contributed by atoms with Crippen molar-refractivity contribution in [1.82, 2.24) is 4.90 Å². The Hall–Kier alpha value is 0.320. The third-order valence-electron chi connectivity index (χ3n) is 6.32. The summed E-state index contributed by atoms with van der Waals surface area (Å²) in [6.45, 7) is 7.13. The van der Waals surface area contributed by atoms with Crippen molar-refractivity contribution in [1.29, 1.82) is 0 Å². The van der Waals surface area contributed by atoms with Crippen LogP contribution < -0.4 is 24.0 Å². The molecule has 2 aliphatic carbocycles. The molecule has 8 heteroatoms. The van der Waals surface area contributed by atoms with Gasteiger partial charge in [0.15, 0.2) is 0 Å². The highest BCUT2D eigenvalue weighted by Gasteiger charge is 2.37. The molecule has 36 heavy (non-hydrogen) atoms. The Morgan fingerprint density at radius 2 is 1.25 bits per heavy atom. The number of alkyl halides is 1. The summed E-state index contributed by atoms with van der Waals surface area (Å²) in [5.74, 6) is -0.0912. The lowest BCUT2D eigenvalue weighted by Crippen LogP contribution is -3.00. The van der Waals surface area contributed by atoms with Gasteiger partial charge in [-0.05, 0) is 77.3 Å². The van der Waals surface area contributed by atoms with Gasteiger partial charge in [-0.1, -0.05) is 43.9 Å². The fourth-order valence-corrected chi connectivity index (χ4v) is 3.89. The molecule has 0 N–H and O–H groups in total. The van der Waals surface area contributed by atoms with Crippen molar-refractivity contribution in [3.63, 3.8) is 0 Å². The SMILES string of the molecule is C.C.CCOC(=O)CCCCCN(C)C1CC1.CCOC(=O)CCCCC[N+](C)(C)C1CC1.CI.[I-]. The van der Waals surface area contributed by atoms with Crippen LogP contribution in [-0.4, -0.2) is 85.8 Å². The van der Waals surface area contributed by atoms with E-state index in [0.29, 0.717) is 26.1 Å². The maximum atomic E-state index is 11.1. The van der Waals surface area contributed by atoms with E-state index in [0.717, 1.165) is 37.8 Å². The lowest BCUT2D eigenvalue weighted by atomic mass is 10.2. The third kappa shape index (κ3) is 24.6. The van der Waals surface area contributed by atoms with Gasteiger partial charge >= 0.3 is 11.9 Å². The van der Waals surface area contributed by atoms with E-state index in [1.54, 1.807) is 0 Å². The molecule has 220 valence electrons. The number of esters is 2. The molecule has 0 radical (unpaired) electrons. The van der Waals surface area contributed by atoms with Crippen LogP contribution in [0.4, 0.5) is 0 Å². The second-order valence-electron chi connectivity index (χ2n) is 9.68. The summed E-state index contributed by atoms with van der Waals surface area (Å²) in [5, 5.41) is 0. The predicted octanol–water partition coefficient (Wildman–Crippen LogP) is 3.88. The van der Waals surface area contributed by atoms with E-state index in [4.69, 9.17) is 9.47 Å². The van der Waals surface area contributed by atoms with Crippen molar-refractivity contribution >= 4 is 34.5 Å². The summed E-state index contributed by atoms with van der Waals surface area (Å²) in [4.78, 5) is 26.5. The van der Waals surface area contributed by atoms with Gasteiger partial charge in [0.2, 0.25) is 0 Å². The van der Waals surface area contributed by atoms with Crippen LogP contribution in [0.2, 0.25) is 0 Å². The molecular weight excluding hydrogens is 682 g/mol. The van der Waals surface area contributed by atoms with Gasteiger partial charge in [-0.2, -0.15) is 0 Å². The number of quaternary nitrogens is 1. The van der Waals surface area contributed by atoms with Gasteiger partial charge in [0.1, 0.15) is 0 Å². The highest BCUT2D eigenvalue weighted by Crippen LogP contribution is 2.31. The second kappa shape index (κ2) is 26.9. The first-order chi connectivity index (χ1) is 15.8. The molecule has 0 spiro atoms. The van der Waals surface area contributed by atoms with Crippen LogP contribution in [0, 0.1) is 0 Å². The van der Waals surface area contributed by atoms with Gasteiger partial charge in [0, 0.05) is 31.7 Å². The molecule has 0 unspecified atom stereocenters. The minimum atomic E-state index is -0.0481. The number of nitrogens with zero attached hydrogens (tertiary/aromatic N) is 2.